The highest BCUT2D eigenvalue weighted by molar-refractivity contribution is 7.92. The Morgan fingerprint density at radius 3 is 2.58 bits per heavy atom. The van der Waals surface area contributed by atoms with Gasteiger partial charge < -0.3 is 19.5 Å². The molecule has 33 heavy (non-hydrogen) atoms. The van der Waals surface area contributed by atoms with Crippen LogP contribution in [0.15, 0.2) is 47.4 Å². The predicted octanol–water partition coefficient (Wildman–Crippen LogP) is 3.73. The van der Waals surface area contributed by atoms with Crippen molar-refractivity contribution in [3.05, 3.63) is 48.0 Å². The van der Waals surface area contributed by atoms with Gasteiger partial charge in [0.15, 0.2) is 11.5 Å². The molecule has 2 aromatic rings. The first-order chi connectivity index (χ1) is 16.0. The molecule has 0 radical (unpaired) electrons. The van der Waals surface area contributed by atoms with E-state index >= 15 is 0 Å². The van der Waals surface area contributed by atoms with Crippen LogP contribution in [0.1, 0.15) is 48.9 Å². The van der Waals surface area contributed by atoms with Gasteiger partial charge >= 0.3 is 0 Å². The van der Waals surface area contributed by atoms with E-state index in [1.54, 1.807) is 30.3 Å². The number of para-hydroxylation sites is 1. The van der Waals surface area contributed by atoms with E-state index in [-0.39, 0.29) is 22.1 Å². The van der Waals surface area contributed by atoms with Crippen molar-refractivity contribution >= 4 is 21.6 Å². The lowest BCUT2D eigenvalue weighted by molar-refractivity contribution is 0.0273. The minimum absolute atomic E-state index is 0.0295. The smallest absolute Gasteiger partial charge is 0.262 e. The number of carbonyl (C=O) groups is 1. The first kappa shape index (κ1) is 23.4. The molecule has 0 unspecified atom stereocenters. The van der Waals surface area contributed by atoms with E-state index in [1.165, 1.54) is 31.4 Å². The number of carbonyl (C=O) groups excluding carboxylic acids is 1. The van der Waals surface area contributed by atoms with Crippen LogP contribution in [0.2, 0.25) is 0 Å². The topological polar surface area (TPSA) is 103 Å². The highest BCUT2D eigenvalue weighted by Crippen LogP contribution is 2.33. The van der Waals surface area contributed by atoms with Crippen LogP contribution >= 0.6 is 0 Å². The SMILES string of the molecule is O=C(NCCCOC1CCCCC1)c1ccccc1NS(=O)(=O)c1ccc2c(c1)OCCO2. The number of rotatable bonds is 9. The summed E-state index contributed by atoms with van der Waals surface area (Å²) in [5, 5.41) is 2.85. The molecular formula is C24H30N2O6S. The average Bonchev–Trinajstić information content (AvgIpc) is 2.84. The van der Waals surface area contributed by atoms with Gasteiger partial charge in [-0.1, -0.05) is 31.4 Å². The summed E-state index contributed by atoms with van der Waals surface area (Å²) in [7, 11) is -3.93. The number of sulfonamides is 1. The maximum absolute atomic E-state index is 13.0. The van der Waals surface area contributed by atoms with E-state index < -0.39 is 10.0 Å². The summed E-state index contributed by atoms with van der Waals surface area (Å²) in [5.41, 5.74) is 0.468. The highest BCUT2D eigenvalue weighted by atomic mass is 32.2. The standard InChI is InChI=1S/C24H30N2O6S/c27-24(25-13-6-14-30-18-7-2-1-3-8-18)20-9-4-5-10-21(20)26-33(28,29)19-11-12-22-23(17-19)32-16-15-31-22/h4-5,9-12,17-18,26H,1-3,6-8,13-16H2,(H,25,27). The number of hydrogen-bond donors (Lipinski definition) is 2. The molecule has 2 aliphatic rings. The van der Waals surface area contributed by atoms with Crippen LogP contribution in [0.5, 0.6) is 11.5 Å². The molecule has 1 heterocycles. The second kappa shape index (κ2) is 10.9. The quantitative estimate of drug-likeness (QED) is 0.537. The lowest BCUT2D eigenvalue weighted by Gasteiger charge is -2.22. The molecule has 0 aromatic heterocycles. The molecule has 1 saturated carbocycles. The molecule has 8 nitrogen and oxygen atoms in total. The summed E-state index contributed by atoms with van der Waals surface area (Å²) in [4.78, 5) is 12.8. The van der Waals surface area contributed by atoms with E-state index in [0.29, 0.717) is 50.4 Å². The first-order valence-electron chi connectivity index (χ1n) is 11.4. The molecule has 9 heteroatoms. The molecule has 2 N–H and O–H groups in total. The monoisotopic (exact) mass is 474 g/mol. The zero-order valence-corrected chi connectivity index (χ0v) is 19.4. The molecular weight excluding hydrogens is 444 g/mol. The Kier molecular flexibility index (Phi) is 7.72. The summed E-state index contributed by atoms with van der Waals surface area (Å²) in [6, 6.07) is 11.0. The van der Waals surface area contributed by atoms with Gasteiger partial charge in [-0.15, -0.1) is 0 Å². The van der Waals surface area contributed by atoms with Gasteiger partial charge in [-0.2, -0.15) is 0 Å². The Hall–Kier alpha value is -2.78. The van der Waals surface area contributed by atoms with Crippen molar-refractivity contribution in [1.29, 1.82) is 0 Å². The number of nitrogens with one attached hydrogen (secondary N) is 2. The van der Waals surface area contributed by atoms with Crippen molar-refractivity contribution in [1.82, 2.24) is 5.32 Å². The predicted molar refractivity (Wildman–Crippen MR) is 124 cm³/mol. The second-order valence-corrected chi connectivity index (χ2v) is 9.88. The van der Waals surface area contributed by atoms with E-state index in [2.05, 4.69) is 10.0 Å². The van der Waals surface area contributed by atoms with Crippen LogP contribution in [0.25, 0.3) is 0 Å². The summed E-state index contributed by atoms with van der Waals surface area (Å²) in [6.07, 6.45) is 7.00. The van der Waals surface area contributed by atoms with Crippen molar-refractivity contribution in [2.75, 3.05) is 31.1 Å². The van der Waals surface area contributed by atoms with Gasteiger partial charge in [-0.3, -0.25) is 9.52 Å². The van der Waals surface area contributed by atoms with Crippen LogP contribution in [0.4, 0.5) is 5.69 Å². The van der Waals surface area contributed by atoms with Crippen LogP contribution in [-0.4, -0.2) is 46.8 Å². The zero-order valence-electron chi connectivity index (χ0n) is 18.5. The number of fused-ring (bicyclic) bond motifs is 1. The number of anilines is 1. The molecule has 1 fully saturated rings. The lowest BCUT2D eigenvalue weighted by Crippen LogP contribution is -2.27. The fraction of sp³-hybridized carbons (Fsp3) is 0.458. The molecule has 1 aliphatic heterocycles. The van der Waals surface area contributed by atoms with Gasteiger partial charge in [0, 0.05) is 19.2 Å². The molecule has 4 rings (SSSR count). The Bertz CT molecular complexity index is 1070. The minimum atomic E-state index is -3.93. The average molecular weight is 475 g/mol. The molecule has 1 amide bonds. The van der Waals surface area contributed by atoms with Gasteiger partial charge in [0.25, 0.3) is 15.9 Å². The molecule has 0 atom stereocenters. The minimum Gasteiger partial charge on any atom is -0.486 e. The van der Waals surface area contributed by atoms with Gasteiger partial charge in [0.1, 0.15) is 13.2 Å². The lowest BCUT2D eigenvalue weighted by atomic mass is 9.98. The van der Waals surface area contributed by atoms with Gasteiger partial charge in [0.2, 0.25) is 0 Å². The summed E-state index contributed by atoms with van der Waals surface area (Å²) >= 11 is 0. The Morgan fingerprint density at radius 1 is 1.00 bits per heavy atom. The molecule has 2 aromatic carbocycles. The van der Waals surface area contributed by atoms with Gasteiger partial charge in [-0.05, 0) is 43.5 Å². The Balaban J connectivity index is 1.35. The highest BCUT2D eigenvalue weighted by Gasteiger charge is 2.22. The van der Waals surface area contributed by atoms with Gasteiger partial charge in [0.05, 0.1) is 22.3 Å². The fourth-order valence-corrected chi connectivity index (χ4v) is 5.11. The number of ether oxygens (including phenoxy) is 3. The summed E-state index contributed by atoms with van der Waals surface area (Å²) in [5.74, 6) is 0.547. The Morgan fingerprint density at radius 2 is 1.76 bits per heavy atom. The van der Waals surface area contributed by atoms with Crippen LogP contribution in [0, 0.1) is 0 Å². The van der Waals surface area contributed by atoms with E-state index in [1.807, 2.05) is 0 Å². The fourth-order valence-electron chi connectivity index (χ4n) is 4.02. The molecule has 178 valence electrons. The van der Waals surface area contributed by atoms with Crippen LogP contribution in [0.3, 0.4) is 0 Å². The third kappa shape index (κ3) is 6.17. The second-order valence-electron chi connectivity index (χ2n) is 8.20. The van der Waals surface area contributed by atoms with Gasteiger partial charge in [-0.25, -0.2) is 8.42 Å². The molecule has 0 bridgehead atoms. The molecule has 0 spiro atoms. The largest absolute Gasteiger partial charge is 0.486 e. The van der Waals surface area contributed by atoms with E-state index in [4.69, 9.17) is 14.2 Å². The molecule has 1 aliphatic carbocycles. The van der Waals surface area contributed by atoms with Crippen LogP contribution < -0.4 is 19.5 Å². The van der Waals surface area contributed by atoms with Crippen molar-refractivity contribution in [3.63, 3.8) is 0 Å². The zero-order chi connectivity index (χ0) is 23.1. The normalized spacial score (nSPS) is 16.2. The van der Waals surface area contributed by atoms with Crippen molar-refractivity contribution < 1.29 is 27.4 Å². The van der Waals surface area contributed by atoms with Crippen molar-refractivity contribution in [2.24, 2.45) is 0 Å². The van der Waals surface area contributed by atoms with Crippen molar-refractivity contribution in [2.45, 2.75) is 49.5 Å². The maximum atomic E-state index is 13.0. The summed E-state index contributed by atoms with van der Waals surface area (Å²) < 4.78 is 45.3. The molecule has 0 saturated heterocycles. The van der Waals surface area contributed by atoms with E-state index in [9.17, 15) is 13.2 Å². The first-order valence-corrected chi connectivity index (χ1v) is 12.9. The summed E-state index contributed by atoms with van der Waals surface area (Å²) in [6.45, 7) is 1.84. The van der Waals surface area contributed by atoms with E-state index in [0.717, 1.165) is 12.8 Å². The Labute approximate surface area is 194 Å². The third-order valence-corrected chi connectivity index (χ3v) is 7.12. The number of amides is 1. The number of benzene rings is 2. The number of hydrogen-bond acceptors (Lipinski definition) is 6. The maximum Gasteiger partial charge on any atom is 0.262 e. The third-order valence-electron chi connectivity index (χ3n) is 5.75. The van der Waals surface area contributed by atoms with Crippen LogP contribution in [-0.2, 0) is 14.8 Å². The van der Waals surface area contributed by atoms with Crippen molar-refractivity contribution in [3.8, 4) is 11.5 Å².